The Balaban J connectivity index is 2.05. The van der Waals surface area contributed by atoms with Crippen molar-refractivity contribution in [2.75, 3.05) is 24.6 Å². The van der Waals surface area contributed by atoms with E-state index in [0.29, 0.717) is 0 Å². The fourth-order valence-corrected chi connectivity index (χ4v) is 3.22. The molecular formula is C13H17N3OS. The number of aromatic nitrogens is 2. The normalized spacial score (nSPS) is 19.4. The molecule has 1 saturated heterocycles. The van der Waals surface area contributed by atoms with Gasteiger partial charge >= 0.3 is 0 Å². The van der Waals surface area contributed by atoms with Gasteiger partial charge in [-0.15, -0.1) is 11.3 Å². The second kappa shape index (κ2) is 4.17. The van der Waals surface area contributed by atoms with Gasteiger partial charge in [0.1, 0.15) is 5.82 Å². The molecule has 2 aromatic heterocycles. The Bertz CT molecular complexity index is 579. The third kappa shape index (κ3) is 2.08. The van der Waals surface area contributed by atoms with Crippen LogP contribution in [0.15, 0.2) is 11.4 Å². The largest absolute Gasteiger partial charge is 0.372 e. The summed E-state index contributed by atoms with van der Waals surface area (Å²) in [6.45, 7) is 8.72. The second-order valence-electron chi connectivity index (χ2n) is 5.26. The monoisotopic (exact) mass is 263 g/mol. The lowest BCUT2D eigenvalue weighted by Gasteiger charge is -2.38. The molecule has 18 heavy (non-hydrogen) atoms. The Hall–Kier alpha value is -1.20. The summed E-state index contributed by atoms with van der Waals surface area (Å²) >= 11 is 1.71. The zero-order valence-electron chi connectivity index (χ0n) is 10.9. The lowest BCUT2D eigenvalue weighted by Crippen LogP contribution is -2.48. The molecule has 0 bridgehead atoms. The van der Waals surface area contributed by atoms with Crippen LogP contribution in [0.2, 0.25) is 0 Å². The molecule has 0 aromatic carbocycles. The molecule has 0 aliphatic carbocycles. The third-order valence-electron chi connectivity index (χ3n) is 3.12. The van der Waals surface area contributed by atoms with Crippen LogP contribution in [0.5, 0.6) is 0 Å². The molecule has 2 aromatic rings. The van der Waals surface area contributed by atoms with Crippen LogP contribution in [-0.2, 0) is 4.74 Å². The van der Waals surface area contributed by atoms with Crippen molar-refractivity contribution in [1.29, 1.82) is 0 Å². The van der Waals surface area contributed by atoms with E-state index in [1.807, 2.05) is 6.92 Å². The number of hydrogen-bond donors (Lipinski definition) is 0. The molecule has 0 radical (unpaired) electrons. The molecule has 0 unspecified atom stereocenters. The molecule has 0 spiro atoms. The van der Waals surface area contributed by atoms with E-state index < -0.39 is 0 Å². The quantitative estimate of drug-likeness (QED) is 0.792. The molecule has 1 aliphatic heterocycles. The predicted molar refractivity (Wildman–Crippen MR) is 74.4 cm³/mol. The number of rotatable bonds is 1. The van der Waals surface area contributed by atoms with Gasteiger partial charge in [0.2, 0.25) is 0 Å². The van der Waals surface area contributed by atoms with Gasteiger partial charge < -0.3 is 9.64 Å². The highest BCUT2D eigenvalue weighted by Crippen LogP contribution is 2.31. The van der Waals surface area contributed by atoms with Gasteiger partial charge in [-0.05, 0) is 32.2 Å². The molecule has 1 fully saturated rings. The summed E-state index contributed by atoms with van der Waals surface area (Å²) in [6, 6.07) is 2.06. The van der Waals surface area contributed by atoms with Crippen LogP contribution < -0.4 is 4.90 Å². The number of thiophene rings is 1. The van der Waals surface area contributed by atoms with E-state index in [0.717, 1.165) is 36.9 Å². The zero-order chi connectivity index (χ0) is 12.8. The highest BCUT2D eigenvalue weighted by Gasteiger charge is 2.29. The Morgan fingerprint density at radius 1 is 1.39 bits per heavy atom. The lowest BCUT2D eigenvalue weighted by atomic mass is 10.1. The van der Waals surface area contributed by atoms with Gasteiger partial charge in [-0.1, -0.05) is 0 Å². The van der Waals surface area contributed by atoms with Crippen LogP contribution >= 0.6 is 11.3 Å². The van der Waals surface area contributed by atoms with Crippen LogP contribution in [-0.4, -0.2) is 35.3 Å². The minimum Gasteiger partial charge on any atom is -0.372 e. The number of ether oxygens (including phenoxy) is 1. The Morgan fingerprint density at radius 2 is 2.22 bits per heavy atom. The summed E-state index contributed by atoms with van der Waals surface area (Å²) in [5, 5.41) is 2.08. The number of morpholine rings is 1. The fraction of sp³-hybridized carbons (Fsp3) is 0.538. The standard InChI is InChI=1S/C13H17N3OS/c1-9-14-10-4-7-18-11(10)12(15-9)16-5-6-17-13(2,3)8-16/h4,7H,5-6,8H2,1-3H3. The number of aryl methyl sites for hydroxylation is 1. The van der Waals surface area contributed by atoms with Crippen molar-refractivity contribution in [2.24, 2.45) is 0 Å². The second-order valence-corrected chi connectivity index (χ2v) is 6.18. The summed E-state index contributed by atoms with van der Waals surface area (Å²) in [7, 11) is 0. The van der Waals surface area contributed by atoms with Gasteiger partial charge in [0.05, 0.1) is 22.4 Å². The Kier molecular flexibility index (Phi) is 2.75. The lowest BCUT2D eigenvalue weighted by molar-refractivity contribution is -0.0278. The maximum atomic E-state index is 5.76. The SMILES string of the molecule is Cc1nc(N2CCOC(C)(C)C2)c2sccc2n1. The van der Waals surface area contributed by atoms with Crippen molar-refractivity contribution >= 4 is 27.4 Å². The smallest absolute Gasteiger partial charge is 0.150 e. The average Bonchev–Trinajstić information content (AvgIpc) is 2.74. The predicted octanol–water partition coefficient (Wildman–Crippen LogP) is 2.61. The van der Waals surface area contributed by atoms with Crippen LogP contribution in [0.1, 0.15) is 19.7 Å². The molecule has 0 amide bonds. The van der Waals surface area contributed by atoms with E-state index in [9.17, 15) is 0 Å². The zero-order valence-corrected chi connectivity index (χ0v) is 11.8. The highest BCUT2D eigenvalue weighted by molar-refractivity contribution is 7.17. The van der Waals surface area contributed by atoms with Crippen molar-refractivity contribution in [2.45, 2.75) is 26.4 Å². The summed E-state index contributed by atoms with van der Waals surface area (Å²) in [4.78, 5) is 11.4. The summed E-state index contributed by atoms with van der Waals surface area (Å²) in [5.41, 5.74) is 0.938. The van der Waals surface area contributed by atoms with E-state index in [1.54, 1.807) is 11.3 Å². The molecule has 3 rings (SSSR count). The Labute approximate surface area is 111 Å². The molecule has 0 N–H and O–H groups in total. The molecule has 1 aliphatic rings. The summed E-state index contributed by atoms with van der Waals surface area (Å²) in [6.07, 6.45) is 0. The van der Waals surface area contributed by atoms with Crippen molar-refractivity contribution in [3.05, 3.63) is 17.3 Å². The summed E-state index contributed by atoms with van der Waals surface area (Å²) < 4.78 is 6.94. The molecule has 3 heterocycles. The molecule has 96 valence electrons. The van der Waals surface area contributed by atoms with E-state index in [-0.39, 0.29) is 5.60 Å². The van der Waals surface area contributed by atoms with E-state index in [2.05, 4.69) is 40.2 Å². The topological polar surface area (TPSA) is 38.2 Å². The minimum absolute atomic E-state index is 0.110. The van der Waals surface area contributed by atoms with Gasteiger partial charge in [0.25, 0.3) is 0 Å². The molecule has 5 heteroatoms. The average molecular weight is 263 g/mol. The van der Waals surface area contributed by atoms with Gasteiger partial charge in [-0.3, -0.25) is 0 Å². The van der Waals surface area contributed by atoms with Crippen molar-refractivity contribution < 1.29 is 4.74 Å². The van der Waals surface area contributed by atoms with E-state index >= 15 is 0 Å². The van der Waals surface area contributed by atoms with Crippen molar-refractivity contribution in [3.63, 3.8) is 0 Å². The minimum atomic E-state index is -0.110. The maximum Gasteiger partial charge on any atom is 0.150 e. The molecule has 0 saturated carbocycles. The van der Waals surface area contributed by atoms with Gasteiger partial charge in [0, 0.05) is 13.1 Å². The van der Waals surface area contributed by atoms with Crippen LogP contribution in [0, 0.1) is 6.92 Å². The first-order valence-corrected chi connectivity index (χ1v) is 7.04. The summed E-state index contributed by atoms with van der Waals surface area (Å²) in [5.74, 6) is 1.89. The van der Waals surface area contributed by atoms with Crippen molar-refractivity contribution in [3.8, 4) is 0 Å². The van der Waals surface area contributed by atoms with Crippen molar-refractivity contribution in [1.82, 2.24) is 9.97 Å². The van der Waals surface area contributed by atoms with Crippen LogP contribution in [0.25, 0.3) is 10.2 Å². The van der Waals surface area contributed by atoms with Gasteiger partial charge in [0.15, 0.2) is 5.82 Å². The van der Waals surface area contributed by atoms with Gasteiger partial charge in [-0.25, -0.2) is 9.97 Å². The van der Waals surface area contributed by atoms with Crippen LogP contribution in [0.3, 0.4) is 0 Å². The molecule has 0 atom stereocenters. The molecular weight excluding hydrogens is 246 g/mol. The first-order valence-electron chi connectivity index (χ1n) is 6.16. The van der Waals surface area contributed by atoms with E-state index in [1.165, 1.54) is 4.70 Å². The van der Waals surface area contributed by atoms with E-state index in [4.69, 9.17) is 4.74 Å². The number of anilines is 1. The maximum absolute atomic E-state index is 5.76. The Morgan fingerprint density at radius 3 is 3.00 bits per heavy atom. The first-order chi connectivity index (χ1) is 8.55. The fourth-order valence-electron chi connectivity index (χ4n) is 2.37. The molecule has 4 nitrogen and oxygen atoms in total. The first kappa shape index (κ1) is 11.9. The number of nitrogens with zero attached hydrogens (tertiary/aromatic N) is 3. The van der Waals surface area contributed by atoms with Gasteiger partial charge in [-0.2, -0.15) is 0 Å². The third-order valence-corrected chi connectivity index (χ3v) is 4.02. The number of fused-ring (bicyclic) bond motifs is 1. The number of hydrogen-bond acceptors (Lipinski definition) is 5. The highest BCUT2D eigenvalue weighted by atomic mass is 32.1. The van der Waals surface area contributed by atoms with Crippen LogP contribution in [0.4, 0.5) is 5.82 Å².